The third-order valence-electron chi connectivity index (χ3n) is 7.78. The number of aliphatic carboxylic acids is 1. The minimum absolute atomic E-state index is 0.0759. The van der Waals surface area contributed by atoms with E-state index in [-0.39, 0.29) is 18.1 Å². The molecule has 2 aliphatic heterocycles. The zero-order valence-corrected chi connectivity index (χ0v) is 24.2. The number of benzene rings is 2. The van der Waals surface area contributed by atoms with E-state index in [0.29, 0.717) is 13.2 Å². The van der Waals surface area contributed by atoms with E-state index in [0.717, 1.165) is 62.6 Å². The van der Waals surface area contributed by atoms with Gasteiger partial charge in [-0.15, -0.1) is 0 Å². The van der Waals surface area contributed by atoms with Gasteiger partial charge in [-0.25, -0.2) is 4.79 Å². The summed E-state index contributed by atoms with van der Waals surface area (Å²) in [5.41, 5.74) is 3.73. The van der Waals surface area contributed by atoms with E-state index in [9.17, 15) is 18.0 Å². The van der Waals surface area contributed by atoms with Crippen molar-refractivity contribution in [1.82, 2.24) is 20.1 Å². The van der Waals surface area contributed by atoms with Crippen molar-refractivity contribution in [3.8, 4) is 11.5 Å². The Morgan fingerprint density at radius 3 is 2.49 bits per heavy atom. The second-order valence-corrected chi connectivity index (χ2v) is 10.4. The van der Waals surface area contributed by atoms with E-state index in [1.54, 1.807) is 14.2 Å². The van der Waals surface area contributed by atoms with Crippen LogP contribution in [-0.4, -0.2) is 105 Å². The first kappa shape index (κ1) is 32.1. The van der Waals surface area contributed by atoms with Crippen LogP contribution >= 0.6 is 0 Å². The highest BCUT2D eigenvalue weighted by Gasteiger charge is 2.48. The minimum atomic E-state index is -5.08. The molecule has 13 heteroatoms. The van der Waals surface area contributed by atoms with Crippen LogP contribution in [0.15, 0.2) is 48.5 Å². The molecule has 5 rings (SSSR count). The number of halogens is 3. The summed E-state index contributed by atoms with van der Waals surface area (Å²) >= 11 is 0. The van der Waals surface area contributed by atoms with Crippen molar-refractivity contribution in [3.63, 3.8) is 0 Å². The van der Waals surface area contributed by atoms with Crippen molar-refractivity contribution >= 4 is 22.8 Å². The Hall–Kier alpha value is -3.81. The van der Waals surface area contributed by atoms with Gasteiger partial charge in [-0.05, 0) is 48.7 Å². The number of aromatic nitrogens is 1. The van der Waals surface area contributed by atoms with Crippen molar-refractivity contribution in [2.45, 2.75) is 24.6 Å². The molecule has 43 heavy (non-hydrogen) atoms. The molecule has 3 aromatic rings. The monoisotopic (exact) mass is 606 g/mol. The normalized spacial score (nSPS) is 18.6. The number of alkyl halides is 3. The van der Waals surface area contributed by atoms with Crippen molar-refractivity contribution in [2.75, 3.05) is 66.7 Å². The Labute approximate surface area is 247 Å². The highest BCUT2D eigenvalue weighted by molar-refractivity contribution is 5.87. The summed E-state index contributed by atoms with van der Waals surface area (Å²) in [5, 5.41) is 11.4. The van der Waals surface area contributed by atoms with Gasteiger partial charge in [-0.2, -0.15) is 13.2 Å². The summed E-state index contributed by atoms with van der Waals surface area (Å²) in [7, 11) is 3.26. The zero-order chi connectivity index (χ0) is 31.0. The number of carbonyl (C=O) groups excluding carboxylic acids is 1. The van der Waals surface area contributed by atoms with Gasteiger partial charge in [0, 0.05) is 63.0 Å². The van der Waals surface area contributed by atoms with Crippen molar-refractivity contribution in [1.29, 1.82) is 0 Å². The molecule has 0 aliphatic carbocycles. The lowest BCUT2D eigenvalue weighted by atomic mass is 9.84. The Balaban J connectivity index is 0.000000541. The number of hydrogen-bond acceptors (Lipinski definition) is 7. The van der Waals surface area contributed by atoms with Gasteiger partial charge < -0.3 is 29.6 Å². The predicted octanol–water partition coefficient (Wildman–Crippen LogP) is 3.41. The quantitative estimate of drug-likeness (QED) is 0.322. The molecular formula is C30H37F3N4O6. The molecule has 0 saturated carbocycles. The molecule has 2 aliphatic rings. The van der Waals surface area contributed by atoms with E-state index in [1.807, 2.05) is 36.4 Å². The molecule has 1 atom stereocenters. The third kappa shape index (κ3) is 7.78. The fourth-order valence-electron chi connectivity index (χ4n) is 5.80. The molecule has 1 spiro atoms. The first-order valence-corrected chi connectivity index (χ1v) is 14.0. The number of carboxylic acid groups (broad SMARTS) is 1. The summed E-state index contributed by atoms with van der Waals surface area (Å²) in [6, 6.07) is 16.3. The lowest BCUT2D eigenvalue weighted by Crippen LogP contribution is -2.54. The predicted molar refractivity (Wildman–Crippen MR) is 153 cm³/mol. The van der Waals surface area contributed by atoms with E-state index in [1.165, 1.54) is 16.6 Å². The number of carboxylic acids is 1. The van der Waals surface area contributed by atoms with Crippen LogP contribution in [0.1, 0.15) is 17.7 Å². The molecule has 1 amide bonds. The first-order chi connectivity index (χ1) is 20.6. The van der Waals surface area contributed by atoms with Crippen LogP contribution in [0.3, 0.4) is 0 Å². The number of methoxy groups -OCH3 is 2. The summed E-state index contributed by atoms with van der Waals surface area (Å²) in [5.74, 6) is -1.04. The molecule has 1 aromatic heterocycles. The van der Waals surface area contributed by atoms with E-state index in [4.69, 9.17) is 24.1 Å². The molecule has 1 saturated heterocycles. The van der Waals surface area contributed by atoms with Gasteiger partial charge in [0.25, 0.3) is 0 Å². The molecule has 2 aromatic carbocycles. The van der Waals surface area contributed by atoms with Gasteiger partial charge in [0.05, 0.1) is 12.6 Å². The SMILES string of the molecule is COCC(=O)NCCN1CCc2c([nH]c3ccc(OC)cc23)C12CCN(CCOc1ccccc1)C2.O=C(O)C(F)(F)F. The number of amides is 1. The number of fused-ring (bicyclic) bond motifs is 4. The van der Waals surface area contributed by atoms with Crippen LogP contribution in [0.2, 0.25) is 0 Å². The Bertz CT molecular complexity index is 1380. The van der Waals surface area contributed by atoms with Gasteiger partial charge in [-0.3, -0.25) is 14.6 Å². The highest BCUT2D eigenvalue weighted by Crippen LogP contribution is 2.44. The molecule has 3 N–H and O–H groups in total. The first-order valence-electron chi connectivity index (χ1n) is 14.0. The van der Waals surface area contributed by atoms with E-state index >= 15 is 0 Å². The smallest absolute Gasteiger partial charge is 0.490 e. The second kappa shape index (κ2) is 14.1. The summed E-state index contributed by atoms with van der Waals surface area (Å²) in [6.45, 7) is 5.89. The average Bonchev–Trinajstić information content (AvgIpc) is 3.57. The standard InChI is InChI=1S/C28H36N4O4.C2HF3O2/c1-34-19-26(33)29-12-15-32-13-10-23-24-18-22(35-2)8-9-25(24)30-27(23)28(32)11-14-31(20-28)16-17-36-21-6-4-3-5-7-21;3-2(4,5)1(6)7/h3-9,18,30H,10-17,19-20H2,1-2H3,(H,29,33);(H,6,7). The van der Waals surface area contributed by atoms with Gasteiger partial charge in [-0.1, -0.05) is 18.2 Å². The molecule has 234 valence electrons. The van der Waals surface area contributed by atoms with Crippen LogP contribution in [0.25, 0.3) is 10.9 Å². The van der Waals surface area contributed by atoms with Gasteiger partial charge >= 0.3 is 12.1 Å². The zero-order valence-electron chi connectivity index (χ0n) is 24.2. The number of H-pyrrole nitrogens is 1. The number of aromatic amines is 1. The van der Waals surface area contributed by atoms with Crippen LogP contribution in [0.4, 0.5) is 13.2 Å². The fraction of sp³-hybridized carbons (Fsp3) is 0.467. The van der Waals surface area contributed by atoms with Crippen LogP contribution in [0.5, 0.6) is 11.5 Å². The molecular weight excluding hydrogens is 569 g/mol. The number of likely N-dealkylation sites (tertiary alicyclic amines) is 1. The summed E-state index contributed by atoms with van der Waals surface area (Å²) < 4.78 is 48.2. The largest absolute Gasteiger partial charge is 0.497 e. The van der Waals surface area contributed by atoms with Crippen molar-refractivity contribution in [2.24, 2.45) is 0 Å². The maximum Gasteiger partial charge on any atom is 0.490 e. The number of para-hydroxylation sites is 1. The number of carbonyl (C=O) groups is 2. The van der Waals surface area contributed by atoms with E-state index < -0.39 is 12.1 Å². The van der Waals surface area contributed by atoms with Crippen LogP contribution < -0.4 is 14.8 Å². The van der Waals surface area contributed by atoms with Crippen molar-refractivity contribution < 1.29 is 42.1 Å². The lowest BCUT2D eigenvalue weighted by Gasteiger charge is -2.45. The second-order valence-electron chi connectivity index (χ2n) is 10.4. The Morgan fingerprint density at radius 1 is 1.07 bits per heavy atom. The number of ether oxygens (including phenoxy) is 3. The Kier molecular flexibility index (Phi) is 10.5. The summed E-state index contributed by atoms with van der Waals surface area (Å²) in [6.07, 6.45) is -3.09. The number of nitrogens with one attached hydrogen (secondary N) is 2. The van der Waals surface area contributed by atoms with Crippen molar-refractivity contribution in [3.05, 3.63) is 59.8 Å². The molecule has 1 fully saturated rings. The van der Waals surface area contributed by atoms with Gasteiger partial charge in [0.15, 0.2) is 0 Å². The number of nitrogens with zero attached hydrogens (tertiary/aromatic N) is 2. The molecule has 1 unspecified atom stereocenters. The van der Waals surface area contributed by atoms with Crippen LogP contribution in [0, 0.1) is 0 Å². The van der Waals surface area contributed by atoms with E-state index in [2.05, 4.69) is 32.2 Å². The topological polar surface area (TPSA) is 116 Å². The third-order valence-corrected chi connectivity index (χ3v) is 7.78. The van der Waals surface area contributed by atoms with Crippen LogP contribution in [-0.2, 0) is 26.3 Å². The van der Waals surface area contributed by atoms with Gasteiger partial charge in [0.2, 0.25) is 5.91 Å². The maximum absolute atomic E-state index is 12.0. The molecule has 0 bridgehead atoms. The Morgan fingerprint density at radius 2 is 1.81 bits per heavy atom. The lowest BCUT2D eigenvalue weighted by molar-refractivity contribution is -0.192. The van der Waals surface area contributed by atoms with Gasteiger partial charge in [0.1, 0.15) is 24.7 Å². The average molecular weight is 607 g/mol. The number of hydrogen-bond donors (Lipinski definition) is 3. The minimum Gasteiger partial charge on any atom is -0.497 e. The maximum atomic E-state index is 12.0. The molecule has 3 heterocycles. The molecule has 0 radical (unpaired) electrons. The summed E-state index contributed by atoms with van der Waals surface area (Å²) in [4.78, 5) is 29.7. The number of rotatable bonds is 10. The fourth-order valence-corrected chi connectivity index (χ4v) is 5.80. The highest BCUT2D eigenvalue weighted by atomic mass is 19.4. The molecule has 10 nitrogen and oxygen atoms in total.